The highest BCUT2D eigenvalue weighted by Gasteiger charge is 2.29. The summed E-state index contributed by atoms with van der Waals surface area (Å²) in [4.78, 5) is 4.43. The molecule has 12 heteroatoms. The van der Waals surface area contributed by atoms with Crippen LogP contribution in [0.4, 0.5) is 14.5 Å². The zero-order valence-electron chi connectivity index (χ0n) is 17.6. The Hall–Kier alpha value is -3.51. The van der Waals surface area contributed by atoms with E-state index in [4.69, 9.17) is 14.0 Å². The number of ether oxygens (including phenoxy) is 2. The molecular formula is C21H17F2N3O5S2. The first kappa shape index (κ1) is 22.7. The fourth-order valence-electron chi connectivity index (χ4n) is 3.03. The van der Waals surface area contributed by atoms with Crippen LogP contribution in [0.3, 0.4) is 0 Å². The molecule has 0 aliphatic heterocycles. The molecule has 172 valence electrons. The summed E-state index contributed by atoms with van der Waals surface area (Å²) < 4.78 is 70.1. The molecule has 0 saturated carbocycles. The predicted molar refractivity (Wildman–Crippen MR) is 118 cm³/mol. The SMILES string of the molecule is COc1ccc(-c2noc(-c3sccc3S(=O)(=O)N(C)c3ccc(F)c(F)c3)n2)c(OC)c1. The summed E-state index contributed by atoms with van der Waals surface area (Å²) in [7, 11) is 0.101. The predicted octanol–water partition coefficient (Wildman–Crippen LogP) is 4.59. The Morgan fingerprint density at radius 3 is 2.52 bits per heavy atom. The van der Waals surface area contributed by atoms with E-state index in [2.05, 4.69) is 10.1 Å². The van der Waals surface area contributed by atoms with E-state index in [1.165, 1.54) is 33.4 Å². The number of benzene rings is 2. The number of sulfonamides is 1. The fourth-order valence-corrected chi connectivity index (χ4v) is 5.53. The summed E-state index contributed by atoms with van der Waals surface area (Å²) in [5.74, 6) is -1.04. The Labute approximate surface area is 192 Å². The van der Waals surface area contributed by atoms with Crippen molar-refractivity contribution in [2.24, 2.45) is 0 Å². The maximum Gasteiger partial charge on any atom is 0.269 e. The van der Waals surface area contributed by atoms with E-state index < -0.39 is 21.7 Å². The summed E-state index contributed by atoms with van der Waals surface area (Å²) in [6.45, 7) is 0. The van der Waals surface area contributed by atoms with Crippen molar-refractivity contribution in [3.63, 3.8) is 0 Å². The van der Waals surface area contributed by atoms with Crippen LogP contribution >= 0.6 is 11.3 Å². The summed E-state index contributed by atoms with van der Waals surface area (Å²) >= 11 is 1.08. The molecule has 0 aliphatic carbocycles. The van der Waals surface area contributed by atoms with Crippen LogP contribution in [0.15, 0.2) is 57.3 Å². The van der Waals surface area contributed by atoms with Crippen molar-refractivity contribution in [1.29, 1.82) is 0 Å². The highest BCUT2D eigenvalue weighted by atomic mass is 32.2. The van der Waals surface area contributed by atoms with E-state index in [9.17, 15) is 17.2 Å². The molecule has 4 aromatic rings. The fraction of sp³-hybridized carbons (Fsp3) is 0.143. The second kappa shape index (κ2) is 8.79. The van der Waals surface area contributed by atoms with Gasteiger partial charge in [0, 0.05) is 19.2 Å². The van der Waals surface area contributed by atoms with Gasteiger partial charge < -0.3 is 14.0 Å². The normalized spacial score (nSPS) is 11.4. The number of aromatic nitrogens is 2. The van der Waals surface area contributed by atoms with Gasteiger partial charge in [-0.2, -0.15) is 4.98 Å². The Bertz CT molecular complexity index is 1420. The van der Waals surface area contributed by atoms with E-state index in [0.717, 1.165) is 27.8 Å². The van der Waals surface area contributed by atoms with Gasteiger partial charge in [0.05, 0.1) is 25.5 Å². The topological polar surface area (TPSA) is 94.8 Å². The minimum absolute atomic E-state index is 0.0184. The molecular weight excluding hydrogens is 476 g/mol. The first-order chi connectivity index (χ1) is 15.8. The van der Waals surface area contributed by atoms with Gasteiger partial charge in [-0.1, -0.05) is 5.16 Å². The van der Waals surface area contributed by atoms with Crippen molar-refractivity contribution in [2.45, 2.75) is 4.90 Å². The van der Waals surface area contributed by atoms with Crippen LogP contribution in [0.2, 0.25) is 0 Å². The second-order valence-corrected chi connectivity index (χ2v) is 9.53. The molecule has 0 bridgehead atoms. The zero-order chi connectivity index (χ0) is 23.8. The molecule has 0 aliphatic rings. The first-order valence-electron chi connectivity index (χ1n) is 9.34. The Balaban J connectivity index is 1.71. The highest BCUT2D eigenvalue weighted by molar-refractivity contribution is 7.93. The molecule has 2 heterocycles. The average Bonchev–Trinajstić information content (AvgIpc) is 3.50. The quantitative estimate of drug-likeness (QED) is 0.372. The molecule has 0 radical (unpaired) electrons. The van der Waals surface area contributed by atoms with E-state index >= 15 is 0 Å². The van der Waals surface area contributed by atoms with Crippen molar-refractivity contribution in [2.75, 3.05) is 25.6 Å². The molecule has 0 amide bonds. The Morgan fingerprint density at radius 1 is 1.03 bits per heavy atom. The number of anilines is 1. The number of hydrogen-bond acceptors (Lipinski definition) is 8. The number of rotatable bonds is 7. The van der Waals surface area contributed by atoms with Crippen LogP contribution < -0.4 is 13.8 Å². The lowest BCUT2D eigenvalue weighted by atomic mass is 10.2. The van der Waals surface area contributed by atoms with Crippen LogP contribution in [-0.4, -0.2) is 39.8 Å². The molecule has 4 rings (SSSR count). The van der Waals surface area contributed by atoms with Gasteiger partial charge in [0.15, 0.2) is 11.6 Å². The van der Waals surface area contributed by atoms with Gasteiger partial charge in [0.1, 0.15) is 21.3 Å². The molecule has 0 unspecified atom stereocenters. The molecule has 0 spiro atoms. The molecule has 2 aromatic heterocycles. The lowest BCUT2D eigenvalue weighted by Crippen LogP contribution is -2.26. The molecule has 0 atom stereocenters. The third-order valence-corrected chi connectivity index (χ3v) is 7.66. The number of nitrogens with zero attached hydrogens (tertiary/aromatic N) is 3. The standard InChI is InChI=1S/C21H17F2N3O5S2/c1-26(12-4-7-15(22)16(23)10-12)33(27,28)18-8-9-32-19(18)21-24-20(25-31-21)14-6-5-13(29-2)11-17(14)30-3/h4-11H,1-3H3. The number of thiophene rings is 1. The van der Waals surface area contributed by atoms with Crippen molar-refractivity contribution < 1.29 is 31.2 Å². The van der Waals surface area contributed by atoms with Gasteiger partial charge in [0.25, 0.3) is 15.9 Å². The van der Waals surface area contributed by atoms with Crippen molar-refractivity contribution >= 4 is 27.0 Å². The van der Waals surface area contributed by atoms with E-state index in [0.29, 0.717) is 17.1 Å². The molecule has 8 nitrogen and oxygen atoms in total. The first-order valence-corrected chi connectivity index (χ1v) is 11.7. The summed E-state index contributed by atoms with van der Waals surface area (Å²) in [6.07, 6.45) is 0. The molecule has 0 saturated heterocycles. The van der Waals surface area contributed by atoms with Crippen LogP contribution in [0.25, 0.3) is 22.2 Å². The molecule has 33 heavy (non-hydrogen) atoms. The maximum absolute atomic E-state index is 13.6. The van der Waals surface area contributed by atoms with Crippen molar-refractivity contribution in [1.82, 2.24) is 10.1 Å². The van der Waals surface area contributed by atoms with E-state index in [1.807, 2.05) is 0 Å². The van der Waals surface area contributed by atoms with Crippen molar-refractivity contribution in [3.8, 4) is 33.7 Å². The van der Waals surface area contributed by atoms with Gasteiger partial charge in [-0.05, 0) is 35.7 Å². The number of methoxy groups -OCH3 is 2. The Kier molecular flexibility index (Phi) is 6.04. The van der Waals surface area contributed by atoms with Crippen LogP contribution in [0, 0.1) is 11.6 Å². The number of halogens is 2. The van der Waals surface area contributed by atoms with E-state index in [-0.39, 0.29) is 27.2 Å². The van der Waals surface area contributed by atoms with E-state index in [1.54, 1.807) is 23.6 Å². The molecule has 0 N–H and O–H groups in total. The van der Waals surface area contributed by atoms with Gasteiger partial charge in [0.2, 0.25) is 5.82 Å². The van der Waals surface area contributed by atoms with Gasteiger partial charge in [-0.25, -0.2) is 17.2 Å². The maximum atomic E-state index is 13.6. The monoisotopic (exact) mass is 493 g/mol. The summed E-state index contributed by atoms with van der Waals surface area (Å²) in [5, 5.41) is 5.51. The molecule has 0 fully saturated rings. The van der Waals surface area contributed by atoms with Gasteiger partial charge in [-0.15, -0.1) is 11.3 Å². The van der Waals surface area contributed by atoms with Gasteiger partial charge >= 0.3 is 0 Å². The third-order valence-electron chi connectivity index (χ3n) is 4.80. The largest absolute Gasteiger partial charge is 0.497 e. The summed E-state index contributed by atoms with van der Waals surface area (Å²) in [6, 6.07) is 9.26. The Morgan fingerprint density at radius 2 is 1.82 bits per heavy atom. The zero-order valence-corrected chi connectivity index (χ0v) is 19.2. The van der Waals surface area contributed by atoms with Crippen LogP contribution in [-0.2, 0) is 10.0 Å². The lowest BCUT2D eigenvalue weighted by molar-refractivity contribution is 0.394. The average molecular weight is 494 g/mol. The van der Waals surface area contributed by atoms with Crippen LogP contribution in [0.1, 0.15) is 0 Å². The highest BCUT2D eigenvalue weighted by Crippen LogP contribution is 2.37. The minimum atomic E-state index is -4.15. The second-order valence-electron chi connectivity index (χ2n) is 6.67. The molecule has 2 aromatic carbocycles. The smallest absolute Gasteiger partial charge is 0.269 e. The third kappa shape index (κ3) is 4.14. The summed E-state index contributed by atoms with van der Waals surface area (Å²) in [5.41, 5.74) is 0.480. The number of hydrogen-bond donors (Lipinski definition) is 0. The lowest BCUT2D eigenvalue weighted by Gasteiger charge is -2.19. The van der Waals surface area contributed by atoms with Crippen LogP contribution in [0.5, 0.6) is 11.5 Å². The van der Waals surface area contributed by atoms with Crippen molar-refractivity contribution in [3.05, 3.63) is 59.5 Å². The van der Waals surface area contributed by atoms with Gasteiger partial charge in [-0.3, -0.25) is 4.31 Å². The minimum Gasteiger partial charge on any atom is -0.497 e.